The SMILES string of the molecule is COc1cc2c(NCc3ccc4c(c3)OCO4)nc(C=C(C)C(=O)O)nc2c(OC)c1OC. The number of anilines is 1. The van der Waals surface area contributed by atoms with Crippen LogP contribution in [0.5, 0.6) is 28.7 Å². The van der Waals surface area contributed by atoms with E-state index in [1.807, 2.05) is 18.2 Å². The first-order chi connectivity index (χ1) is 15.9. The van der Waals surface area contributed by atoms with E-state index in [2.05, 4.69) is 15.3 Å². The number of aromatic nitrogens is 2. The van der Waals surface area contributed by atoms with E-state index in [0.29, 0.717) is 52.0 Å². The fourth-order valence-corrected chi connectivity index (χ4v) is 3.44. The molecule has 0 amide bonds. The van der Waals surface area contributed by atoms with E-state index in [1.54, 1.807) is 6.07 Å². The van der Waals surface area contributed by atoms with Crippen LogP contribution < -0.4 is 29.0 Å². The molecule has 0 saturated heterocycles. The highest BCUT2D eigenvalue weighted by Crippen LogP contribution is 2.44. The van der Waals surface area contributed by atoms with Gasteiger partial charge in [-0.15, -0.1) is 0 Å². The van der Waals surface area contributed by atoms with Crippen LogP contribution in [0.25, 0.3) is 17.0 Å². The monoisotopic (exact) mass is 453 g/mol. The average Bonchev–Trinajstić information content (AvgIpc) is 3.29. The number of benzene rings is 2. The molecule has 10 nitrogen and oxygen atoms in total. The summed E-state index contributed by atoms with van der Waals surface area (Å²) < 4.78 is 27.3. The predicted octanol–water partition coefficient (Wildman–Crippen LogP) is 3.48. The second-order valence-corrected chi connectivity index (χ2v) is 7.15. The zero-order chi connectivity index (χ0) is 23.5. The second-order valence-electron chi connectivity index (χ2n) is 7.15. The Bertz CT molecular complexity index is 1260. The smallest absolute Gasteiger partial charge is 0.331 e. The van der Waals surface area contributed by atoms with Crippen LogP contribution in [-0.4, -0.2) is 49.2 Å². The van der Waals surface area contributed by atoms with Gasteiger partial charge in [0.2, 0.25) is 12.5 Å². The van der Waals surface area contributed by atoms with Gasteiger partial charge in [-0.25, -0.2) is 14.8 Å². The van der Waals surface area contributed by atoms with E-state index < -0.39 is 5.97 Å². The Morgan fingerprint density at radius 1 is 1.09 bits per heavy atom. The van der Waals surface area contributed by atoms with Crippen molar-refractivity contribution in [3.05, 3.63) is 41.2 Å². The summed E-state index contributed by atoms with van der Waals surface area (Å²) in [7, 11) is 4.52. The topological polar surface area (TPSA) is 121 Å². The lowest BCUT2D eigenvalue weighted by molar-refractivity contribution is -0.132. The van der Waals surface area contributed by atoms with Crippen LogP contribution in [0.15, 0.2) is 29.8 Å². The molecule has 0 bridgehead atoms. The molecular weight excluding hydrogens is 430 g/mol. The molecule has 0 atom stereocenters. The van der Waals surface area contributed by atoms with Crippen molar-refractivity contribution < 1.29 is 33.6 Å². The standard InChI is InChI=1S/C23H23N3O7/c1-12(23(27)28)7-18-25-19-14(9-17(29-2)20(30-3)21(19)31-4)22(26-18)24-10-13-5-6-15-16(8-13)33-11-32-15/h5-9H,10-11H2,1-4H3,(H,27,28)(H,24,25,26). The number of carbonyl (C=O) groups is 1. The molecule has 33 heavy (non-hydrogen) atoms. The van der Waals surface area contributed by atoms with Crippen molar-refractivity contribution in [2.75, 3.05) is 33.4 Å². The number of carboxylic acid groups (broad SMARTS) is 1. The number of rotatable bonds is 8. The van der Waals surface area contributed by atoms with Gasteiger partial charge in [0, 0.05) is 12.1 Å². The maximum atomic E-state index is 11.3. The first kappa shape index (κ1) is 22.0. The van der Waals surface area contributed by atoms with Crippen molar-refractivity contribution >= 4 is 28.8 Å². The molecule has 0 spiro atoms. The van der Waals surface area contributed by atoms with Gasteiger partial charge in [0.1, 0.15) is 11.3 Å². The molecule has 2 N–H and O–H groups in total. The number of nitrogens with one attached hydrogen (secondary N) is 1. The highest BCUT2D eigenvalue weighted by molar-refractivity contribution is 5.98. The molecule has 0 aliphatic carbocycles. The lowest BCUT2D eigenvalue weighted by Gasteiger charge is -2.17. The Morgan fingerprint density at radius 2 is 1.85 bits per heavy atom. The van der Waals surface area contributed by atoms with Crippen LogP contribution in [0.3, 0.4) is 0 Å². The number of nitrogens with zero attached hydrogens (tertiary/aromatic N) is 2. The predicted molar refractivity (Wildman–Crippen MR) is 120 cm³/mol. The van der Waals surface area contributed by atoms with Crippen LogP contribution in [-0.2, 0) is 11.3 Å². The number of fused-ring (bicyclic) bond motifs is 2. The summed E-state index contributed by atoms with van der Waals surface area (Å²) in [6.07, 6.45) is 1.39. The second kappa shape index (κ2) is 9.11. The van der Waals surface area contributed by atoms with E-state index in [4.69, 9.17) is 23.7 Å². The van der Waals surface area contributed by atoms with Gasteiger partial charge in [0.05, 0.1) is 26.7 Å². The molecule has 0 radical (unpaired) electrons. The third-order valence-electron chi connectivity index (χ3n) is 5.09. The minimum Gasteiger partial charge on any atom is -0.493 e. The van der Waals surface area contributed by atoms with Gasteiger partial charge >= 0.3 is 5.97 Å². The fourth-order valence-electron chi connectivity index (χ4n) is 3.44. The largest absolute Gasteiger partial charge is 0.493 e. The maximum Gasteiger partial charge on any atom is 0.331 e. The quantitative estimate of drug-likeness (QED) is 0.490. The zero-order valence-corrected chi connectivity index (χ0v) is 18.6. The van der Waals surface area contributed by atoms with Crippen molar-refractivity contribution in [2.45, 2.75) is 13.5 Å². The molecule has 4 rings (SSSR count). The fraction of sp³-hybridized carbons (Fsp3) is 0.261. The number of methoxy groups -OCH3 is 3. The summed E-state index contributed by atoms with van der Waals surface area (Å²) in [5.41, 5.74) is 1.48. The van der Waals surface area contributed by atoms with E-state index in [0.717, 1.165) is 5.56 Å². The summed E-state index contributed by atoms with van der Waals surface area (Å²) in [6.45, 7) is 2.09. The van der Waals surface area contributed by atoms with Crippen LogP contribution in [0.4, 0.5) is 5.82 Å². The summed E-state index contributed by atoms with van der Waals surface area (Å²) in [5, 5.41) is 13.2. The highest BCUT2D eigenvalue weighted by Gasteiger charge is 2.21. The maximum absolute atomic E-state index is 11.3. The van der Waals surface area contributed by atoms with Crippen molar-refractivity contribution in [1.29, 1.82) is 0 Å². The van der Waals surface area contributed by atoms with Gasteiger partial charge in [-0.3, -0.25) is 0 Å². The molecular formula is C23H23N3O7. The lowest BCUT2D eigenvalue weighted by atomic mass is 10.1. The van der Waals surface area contributed by atoms with Crippen LogP contribution in [0.1, 0.15) is 18.3 Å². The third kappa shape index (κ3) is 4.27. The Labute approximate surface area is 189 Å². The minimum atomic E-state index is -1.06. The number of ether oxygens (including phenoxy) is 5. The van der Waals surface area contributed by atoms with Crippen molar-refractivity contribution in [3.8, 4) is 28.7 Å². The van der Waals surface area contributed by atoms with Crippen LogP contribution in [0.2, 0.25) is 0 Å². The zero-order valence-electron chi connectivity index (χ0n) is 18.6. The lowest BCUT2D eigenvalue weighted by Crippen LogP contribution is -2.07. The molecule has 3 aromatic rings. The summed E-state index contributed by atoms with van der Waals surface area (Å²) in [4.78, 5) is 20.4. The van der Waals surface area contributed by atoms with Gasteiger partial charge < -0.3 is 34.1 Å². The van der Waals surface area contributed by atoms with Crippen molar-refractivity contribution in [3.63, 3.8) is 0 Å². The van der Waals surface area contributed by atoms with Gasteiger partial charge in [-0.2, -0.15) is 0 Å². The van der Waals surface area contributed by atoms with Gasteiger partial charge in [-0.05, 0) is 36.8 Å². The molecule has 0 unspecified atom stereocenters. The molecule has 0 saturated carbocycles. The Balaban J connectivity index is 1.83. The number of carboxylic acids is 1. The summed E-state index contributed by atoms with van der Waals surface area (Å²) in [5.74, 6) is 2.16. The van der Waals surface area contributed by atoms with Gasteiger partial charge in [0.25, 0.3) is 0 Å². The molecule has 172 valence electrons. The van der Waals surface area contributed by atoms with E-state index in [1.165, 1.54) is 34.3 Å². The molecule has 1 aliphatic heterocycles. The van der Waals surface area contributed by atoms with Crippen LogP contribution >= 0.6 is 0 Å². The minimum absolute atomic E-state index is 0.0931. The van der Waals surface area contributed by atoms with Crippen molar-refractivity contribution in [1.82, 2.24) is 9.97 Å². The number of aliphatic carboxylic acids is 1. The summed E-state index contributed by atoms with van der Waals surface area (Å²) in [6, 6.07) is 7.40. The average molecular weight is 453 g/mol. The highest BCUT2D eigenvalue weighted by atomic mass is 16.7. The molecule has 1 aromatic heterocycles. The van der Waals surface area contributed by atoms with Crippen molar-refractivity contribution in [2.24, 2.45) is 0 Å². The van der Waals surface area contributed by atoms with E-state index in [-0.39, 0.29) is 18.2 Å². The Morgan fingerprint density at radius 3 is 2.55 bits per heavy atom. The molecule has 2 heterocycles. The summed E-state index contributed by atoms with van der Waals surface area (Å²) >= 11 is 0. The third-order valence-corrected chi connectivity index (χ3v) is 5.09. The molecule has 0 fully saturated rings. The Kier molecular flexibility index (Phi) is 6.07. The van der Waals surface area contributed by atoms with Crippen LogP contribution in [0, 0.1) is 0 Å². The molecule has 1 aliphatic rings. The Hall–Kier alpha value is -4.21. The van der Waals surface area contributed by atoms with Gasteiger partial charge in [0.15, 0.2) is 28.8 Å². The normalized spacial score (nSPS) is 12.5. The van der Waals surface area contributed by atoms with Gasteiger partial charge in [-0.1, -0.05) is 6.07 Å². The first-order valence-electron chi connectivity index (χ1n) is 9.99. The molecule has 2 aromatic carbocycles. The first-order valence-corrected chi connectivity index (χ1v) is 9.99. The van der Waals surface area contributed by atoms with E-state index in [9.17, 15) is 9.90 Å². The number of hydrogen-bond donors (Lipinski definition) is 2. The number of hydrogen-bond acceptors (Lipinski definition) is 9. The molecule has 10 heteroatoms. The van der Waals surface area contributed by atoms with E-state index >= 15 is 0 Å².